The van der Waals surface area contributed by atoms with Gasteiger partial charge in [-0.25, -0.2) is 8.42 Å². The van der Waals surface area contributed by atoms with Gasteiger partial charge in [0.2, 0.25) is 10.0 Å². The third-order valence-electron chi connectivity index (χ3n) is 5.81. The number of amides is 1. The van der Waals surface area contributed by atoms with E-state index in [9.17, 15) is 13.2 Å². The fourth-order valence-corrected chi connectivity index (χ4v) is 5.60. The molecular weight excluding hydrogens is 434 g/mol. The van der Waals surface area contributed by atoms with Gasteiger partial charge in [-0.1, -0.05) is 31.5 Å². The van der Waals surface area contributed by atoms with Crippen LogP contribution in [0.15, 0.2) is 47.4 Å². The number of anilines is 1. The molecule has 1 unspecified atom stereocenters. The van der Waals surface area contributed by atoms with Crippen molar-refractivity contribution in [1.29, 1.82) is 0 Å². The Balaban J connectivity index is 1.57. The molecule has 1 aliphatic rings. The summed E-state index contributed by atoms with van der Waals surface area (Å²) >= 11 is 6.15. The Labute approximate surface area is 190 Å². The molecule has 6 nitrogen and oxygen atoms in total. The van der Waals surface area contributed by atoms with Gasteiger partial charge < -0.3 is 10.2 Å². The highest BCUT2D eigenvalue weighted by atomic mass is 35.5. The summed E-state index contributed by atoms with van der Waals surface area (Å²) < 4.78 is 26.6. The molecule has 31 heavy (non-hydrogen) atoms. The van der Waals surface area contributed by atoms with Crippen LogP contribution in [0, 0.1) is 12.8 Å². The number of carbonyl (C=O) groups is 1. The van der Waals surface area contributed by atoms with Crippen molar-refractivity contribution in [2.45, 2.75) is 32.1 Å². The predicted molar refractivity (Wildman–Crippen MR) is 125 cm³/mol. The van der Waals surface area contributed by atoms with Crippen LogP contribution in [0.5, 0.6) is 0 Å². The Hall–Kier alpha value is -2.09. The molecule has 2 aromatic rings. The Morgan fingerprint density at radius 3 is 2.48 bits per heavy atom. The Morgan fingerprint density at radius 1 is 1.16 bits per heavy atom. The third-order valence-corrected chi connectivity index (χ3v) is 8.11. The zero-order valence-corrected chi connectivity index (χ0v) is 19.8. The van der Waals surface area contributed by atoms with E-state index in [1.54, 1.807) is 26.0 Å². The minimum Gasteiger partial charge on any atom is -0.371 e. The van der Waals surface area contributed by atoms with Crippen molar-refractivity contribution >= 4 is 33.2 Å². The van der Waals surface area contributed by atoms with Crippen molar-refractivity contribution in [3.63, 3.8) is 0 Å². The lowest BCUT2D eigenvalue weighted by Gasteiger charge is -2.21. The first-order valence-corrected chi connectivity index (χ1v) is 12.5. The average molecular weight is 464 g/mol. The second kappa shape index (κ2) is 10.0. The van der Waals surface area contributed by atoms with Crippen LogP contribution in [-0.4, -0.2) is 51.4 Å². The van der Waals surface area contributed by atoms with Crippen molar-refractivity contribution in [2.24, 2.45) is 5.92 Å². The molecule has 1 N–H and O–H groups in total. The standard InChI is InChI=1S/C23H30ClN3O3S/c1-4-27(5-2)31(29,30)21-10-7-19(8-11-21)23(28)25-15-18-12-13-26(16-18)22-14-20(24)9-6-17(22)3/h6-11,14,18H,4-5,12-13,15-16H2,1-3H3,(H,25,28). The van der Waals surface area contributed by atoms with Gasteiger partial charge in [-0.2, -0.15) is 4.31 Å². The van der Waals surface area contributed by atoms with E-state index < -0.39 is 10.0 Å². The highest BCUT2D eigenvalue weighted by molar-refractivity contribution is 7.89. The van der Waals surface area contributed by atoms with Gasteiger partial charge in [0, 0.05) is 49.0 Å². The molecule has 0 spiro atoms. The number of hydrogen-bond acceptors (Lipinski definition) is 4. The van der Waals surface area contributed by atoms with Crippen molar-refractivity contribution in [2.75, 3.05) is 37.6 Å². The number of sulfonamides is 1. The maximum absolute atomic E-state index is 12.6. The minimum absolute atomic E-state index is 0.191. The fraction of sp³-hybridized carbons (Fsp3) is 0.435. The number of hydrogen-bond donors (Lipinski definition) is 1. The van der Waals surface area contributed by atoms with E-state index in [-0.39, 0.29) is 10.8 Å². The first-order chi connectivity index (χ1) is 14.8. The number of carbonyl (C=O) groups excluding carboxylic acids is 1. The van der Waals surface area contributed by atoms with Crippen LogP contribution < -0.4 is 10.2 Å². The highest BCUT2D eigenvalue weighted by Gasteiger charge is 2.25. The van der Waals surface area contributed by atoms with Crippen LogP contribution in [-0.2, 0) is 10.0 Å². The number of benzene rings is 2. The first-order valence-electron chi connectivity index (χ1n) is 10.7. The summed E-state index contributed by atoms with van der Waals surface area (Å²) in [7, 11) is -3.52. The molecule has 0 radical (unpaired) electrons. The van der Waals surface area contributed by atoms with Crippen molar-refractivity contribution in [1.82, 2.24) is 9.62 Å². The van der Waals surface area contributed by atoms with Gasteiger partial charge in [0.25, 0.3) is 5.91 Å². The highest BCUT2D eigenvalue weighted by Crippen LogP contribution is 2.29. The molecule has 3 rings (SSSR count). The molecule has 1 fully saturated rings. The SMILES string of the molecule is CCN(CC)S(=O)(=O)c1ccc(C(=O)NCC2CCN(c3cc(Cl)ccc3C)C2)cc1. The Bertz CT molecular complexity index is 1020. The number of halogens is 1. The second-order valence-corrected chi connectivity index (χ2v) is 10.2. The maximum Gasteiger partial charge on any atom is 0.251 e. The largest absolute Gasteiger partial charge is 0.371 e. The van der Waals surface area contributed by atoms with Crippen LogP contribution in [0.4, 0.5) is 5.69 Å². The molecule has 168 valence electrons. The van der Waals surface area contributed by atoms with E-state index in [0.29, 0.717) is 31.1 Å². The lowest BCUT2D eigenvalue weighted by Crippen LogP contribution is -2.31. The number of rotatable bonds is 8. The zero-order chi connectivity index (χ0) is 22.6. The zero-order valence-electron chi connectivity index (χ0n) is 18.3. The summed E-state index contributed by atoms with van der Waals surface area (Å²) in [6.45, 7) is 8.88. The van der Waals surface area contributed by atoms with Crippen molar-refractivity contribution in [3.8, 4) is 0 Å². The van der Waals surface area contributed by atoms with Crippen molar-refractivity contribution < 1.29 is 13.2 Å². The van der Waals surface area contributed by atoms with Gasteiger partial charge in [0.1, 0.15) is 0 Å². The molecule has 1 atom stereocenters. The summed E-state index contributed by atoms with van der Waals surface area (Å²) in [6.07, 6.45) is 0.993. The minimum atomic E-state index is -3.52. The third kappa shape index (κ3) is 5.40. The van der Waals surface area contributed by atoms with Crippen LogP contribution in [0.1, 0.15) is 36.2 Å². The van der Waals surface area contributed by atoms with Gasteiger partial charge >= 0.3 is 0 Å². The Morgan fingerprint density at radius 2 is 1.84 bits per heavy atom. The molecule has 0 aromatic heterocycles. The van der Waals surface area contributed by atoms with E-state index in [2.05, 4.69) is 17.1 Å². The van der Waals surface area contributed by atoms with Crippen LogP contribution >= 0.6 is 11.6 Å². The van der Waals surface area contributed by atoms with E-state index in [1.165, 1.54) is 22.0 Å². The van der Waals surface area contributed by atoms with E-state index >= 15 is 0 Å². The van der Waals surface area contributed by atoms with Gasteiger partial charge in [0.05, 0.1) is 4.90 Å². The van der Waals surface area contributed by atoms with Crippen LogP contribution in [0.25, 0.3) is 0 Å². The van der Waals surface area contributed by atoms with E-state index in [4.69, 9.17) is 11.6 Å². The quantitative estimate of drug-likeness (QED) is 0.643. The second-order valence-electron chi connectivity index (χ2n) is 7.86. The Kier molecular flexibility index (Phi) is 7.62. The summed E-state index contributed by atoms with van der Waals surface area (Å²) in [5.41, 5.74) is 2.79. The fourth-order valence-electron chi connectivity index (χ4n) is 3.97. The number of aryl methyl sites for hydroxylation is 1. The lowest BCUT2D eigenvalue weighted by atomic mass is 10.1. The number of nitrogens with one attached hydrogen (secondary N) is 1. The monoisotopic (exact) mass is 463 g/mol. The topological polar surface area (TPSA) is 69.7 Å². The summed E-state index contributed by atoms with van der Waals surface area (Å²) in [6, 6.07) is 12.1. The maximum atomic E-state index is 12.6. The van der Waals surface area contributed by atoms with E-state index in [0.717, 1.165) is 30.2 Å². The first kappa shape index (κ1) is 23.6. The summed E-state index contributed by atoms with van der Waals surface area (Å²) in [5, 5.41) is 3.72. The molecule has 1 heterocycles. The summed E-state index contributed by atoms with van der Waals surface area (Å²) in [5.74, 6) is 0.161. The van der Waals surface area contributed by atoms with Crippen LogP contribution in [0.3, 0.4) is 0 Å². The van der Waals surface area contributed by atoms with Crippen molar-refractivity contribution in [3.05, 3.63) is 58.6 Å². The van der Waals surface area contributed by atoms with Gasteiger partial charge in [-0.05, 0) is 61.2 Å². The predicted octanol–water partition coefficient (Wildman–Crippen LogP) is 3.94. The summed E-state index contributed by atoms with van der Waals surface area (Å²) in [4.78, 5) is 15.1. The molecule has 8 heteroatoms. The van der Waals surface area contributed by atoms with Gasteiger partial charge in [0.15, 0.2) is 0 Å². The molecule has 1 saturated heterocycles. The van der Waals surface area contributed by atoms with Crippen LogP contribution in [0.2, 0.25) is 5.02 Å². The normalized spacial score (nSPS) is 16.7. The molecule has 2 aromatic carbocycles. The molecule has 1 amide bonds. The average Bonchev–Trinajstić information content (AvgIpc) is 3.23. The van der Waals surface area contributed by atoms with E-state index in [1.807, 2.05) is 18.2 Å². The molecule has 0 bridgehead atoms. The van der Waals surface area contributed by atoms with Gasteiger partial charge in [-0.3, -0.25) is 4.79 Å². The van der Waals surface area contributed by atoms with Gasteiger partial charge in [-0.15, -0.1) is 0 Å². The molecule has 0 aliphatic carbocycles. The molecule has 0 saturated carbocycles. The molecule has 1 aliphatic heterocycles. The smallest absolute Gasteiger partial charge is 0.251 e. The lowest BCUT2D eigenvalue weighted by molar-refractivity contribution is 0.0948. The number of nitrogens with zero attached hydrogens (tertiary/aromatic N) is 2. The molecular formula is C23H30ClN3O3S.